The smallest absolute Gasteiger partial charge is 0.288 e. The van der Waals surface area contributed by atoms with E-state index in [1.807, 2.05) is 36.4 Å². The quantitative estimate of drug-likeness (QED) is 0.142. The molecule has 0 fully saturated rings. The molecule has 1 aromatic heterocycles. The molecule has 5 rings (SSSR count). The number of benzene rings is 3. The minimum atomic E-state index is -1.65. The van der Waals surface area contributed by atoms with E-state index in [1.54, 1.807) is 41.1 Å². The first-order chi connectivity index (χ1) is 18.4. The minimum Gasteiger partial charge on any atom is -0.324 e. The summed E-state index contributed by atoms with van der Waals surface area (Å²) in [7, 11) is 0. The second kappa shape index (κ2) is 10.1. The van der Waals surface area contributed by atoms with E-state index in [-0.39, 0.29) is 12.0 Å². The number of Topliss-reactive ketones (excluding diaryl/α,β-unsaturated/α-hetero) is 1. The summed E-state index contributed by atoms with van der Waals surface area (Å²) in [4.78, 5) is 49.0. The van der Waals surface area contributed by atoms with Crippen molar-refractivity contribution in [3.05, 3.63) is 94.6 Å². The second-order valence-electron chi connectivity index (χ2n) is 8.50. The molecule has 38 heavy (non-hydrogen) atoms. The molecule has 1 aliphatic carbocycles. The Kier molecular flexibility index (Phi) is 6.56. The number of aromatic nitrogens is 2. The summed E-state index contributed by atoms with van der Waals surface area (Å²) in [6, 6.07) is 22.4. The second-order valence-corrected chi connectivity index (χ2v) is 8.94. The van der Waals surface area contributed by atoms with Crippen LogP contribution in [0.4, 0.5) is 11.4 Å². The van der Waals surface area contributed by atoms with E-state index < -0.39 is 23.5 Å². The van der Waals surface area contributed by atoms with Crippen molar-refractivity contribution in [3.63, 3.8) is 0 Å². The average Bonchev–Trinajstić information content (AvgIpc) is 3.47. The zero-order chi connectivity index (χ0) is 26.8. The zero-order valence-corrected chi connectivity index (χ0v) is 20.4. The summed E-state index contributed by atoms with van der Waals surface area (Å²) < 4.78 is 1.59. The van der Waals surface area contributed by atoms with Crippen molar-refractivity contribution in [2.24, 2.45) is 5.92 Å². The molecule has 10 heteroatoms. The molecular weight excluding hydrogens is 506 g/mol. The maximum Gasteiger partial charge on any atom is 0.288 e. The van der Waals surface area contributed by atoms with E-state index in [0.717, 1.165) is 5.56 Å². The highest BCUT2D eigenvalue weighted by atomic mass is 35.5. The first kappa shape index (κ1) is 24.6. The third-order valence-corrected chi connectivity index (χ3v) is 6.31. The van der Waals surface area contributed by atoms with Crippen LogP contribution < -0.4 is 10.6 Å². The number of hydrogen-bond acceptors (Lipinski definition) is 6. The molecule has 0 radical (unpaired) electrons. The van der Waals surface area contributed by atoms with E-state index in [9.17, 15) is 24.4 Å². The molecule has 1 heterocycles. The van der Waals surface area contributed by atoms with Crippen LogP contribution in [0.5, 0.6) is 0 Å². The first-order valence-corrected chi connectivity index (χ1v) is 11.8. The molecule has 0 saturated heterocycles. The summed E-state index contributed by atoms with van der Waals surface area (Å²) in [5, 5.41) is 19.8. The summed E-state index contributed by atoms with van der Waals surface area (Å²) in [6.07, 6.45) is 0.509. The van der Waals surface area contributed by atoms with E-state index in [2.05, 4.69) is 15.7 Å². The SMILES string of the molecule is N#CC(C(=O)Nc1cccc(Cl)c1)C(=O)c1nn(-c2ccccc2)c2c1Cc1ccc(NC(=O)C=O)cc1-2. The predicted molar refractivity (Wildman–Crippen MR) is 140 cm³/mol. The van der Waals surface area contributed by atoms with Crippen molar-refractivity contribution < 1.29 is 19.2 Å². The largest absolute Gasteiger partial charge is 0.324 e. The molecule has 0 saturated carbocycles. The summed E-state index contributed by atoms with van der Waals surface area (Å²) in [5.74, 6) is -3.97. The number of fused-ring (bicyclic) bond motifs is 3. The molecular formula is C28H18ClN5O4. The van der Waals surface area contributed by atoms with Crippen molar-refractivity contribution in [1.29, 1.82) is 5.26 Å². The molecule has 0 bridgehead atoms. The Morgan fingerprint density at radius 3 is 2.47 bits per heavy atom. The Balaban J connectivity index is 1.57. The number of aldehydes is 1. The molecule has 2 amide bonds. The molecule has 0 spiro atoms. The summed E-state index contributed by atoms with van der Waals surface area (Å²) >= 11 is 5.98. The lowest BCUT2D eigenvalue weighted by Crippen LogP contribution is -2.29. The predicted octanol–water partition coefficient (Wildman–Crippen LogP) is 4.20. The normalized spacial score (nSPS) is 12.0. The molecule has 4 aromatic rings. The van der Waals surface area contributed by atoms with Gasteiger partial charge in [-0.3, -0.25) is 19.2 Å². The first-order valence-electron chi connectivity index (χ1n) is 11.5. The van der Waals surface area contributed by atoms with Gasteiger partial charge in [0.25, 0.3) is 5.91 Å². The van der Waals surface area contributed by atoms with Crippen LogP contribution in [-0.2, 0) is 20.8 Å². The van der Waals surface area contributed by atoms with Crippen LogP contribution in [0.3, 0.4) is 0 Å². The Hall–Kier alpha value is -5.07. The van der Waals surface area contributed by atoms with Crippen molar-refractivity contribution in [1.82, 2.24) is 9.78 Å². The number of halogens is 1. The van der Waals surface area contributed by atoms with Gasteiger partial charge in [0.05, 0.1) is 17.5 Å². The number of para-hydroxylation sites is 1. The molecule has 1 atom stereocenters. The van der Waals surface area contributed by atoms with Gasteiger partial charge in [-0.25, -0.2) is 4.68 Å². The fourth-order valence-electron chi connectivity index (χ4n) is 4.39. The Morgan fingerprint density at radius 2 is 1.76 bits per heavy atom. The lowest BCUT2D eigenvalue weighted by Gasteiger charge is -2.10. The highest BCUT2D eigenvalue weighted by molar-refractivity contribution is 6.31. The van der Waals surface area contributed by atoms with Gasteiger partial charge in [-0.15, -0.1) is 0 Å². The van der Waals surface area contributed by atoms with Gasteiger partial charge >= 0.3 is 0 Å². The molecule has 0 aliphatic heterocycles. The Labute approximate surface area is 221 Å². The zero-order valence-electron chi connectivity index (χ0n) is 19.6. The van der Waals surface area contributed by atoms with Crippen LogP contribution in [-0.4, -0.2) is 33.7 Å². The average molecular weight is 524 g/mol. The van der Waals surface area contributed by atoms with E-state index in [4.69, 9.17) is 11.6 Å². The maximum atomic E-state index is 13.6. The Morgan fingerprint density at radius 1 is 1.00 bits per heavy atom. The summed E-state index contributed by atoms with van der Waals surface area (Å²) in [5.41, 5.74) is 4.15. The third kappa shape index (κ3) is 4.56. The van der Waals surface area contributed by atoms with Gasteiger partial charge in [0.2, 0.25) is 18.0 Å². The minimum absolute atomic E-state index is 0.00586. The monoisotopic (exact) mass is 523 g/mol. The van der Waals surface area contributed by atoms with Gasteiger partial charge in [-0.1, -0.05) is 41.9 Å². The van der Waals surface area contributed by atoms with E-state index >= 15 is 0 Å². The van der Waals surface area contributed by atoms with Crippen LogP contribution in [0.2, 0.25) is 5.02 Å². The van der Waals surface area contributed by atoms with E-state index in [0.29, 0.717) is 45.3 Å². The lowest BCUT2D eigenvalue weighted by molar-refractivity contribution is -0.127. The van der Waals surface area contributed by atoms with Gasteiger partial charge in [0, 0.05) is 33.9 Å². The molecule has 3 aromatic carbocycles. The van der Waals surface area contributed by atoms with Gasteiger partial charge in [0.1, 0.15) is 5.69 Å². The Bertz CT molecular complexity index is 1660. The molecule has 186 valence electrons. The number of anilines is 2. The van der Waals surface area contributed by atoms with Crippen molar-refractivity contribution in [3.8, 4) is 23.0 Å². The third-order valence-electron chi connectivity index (χ3n) is 6.07. The van der Waals surface area contributed by atoms with Gasteiger partial charge in [-0.05, 0) is 48.0 Å². The number of ketones is 1. The van der Waals surface area contributed by atoms with Gasteiger partial charge in [0.15, 0.2) is 5.92 Å². The lowest BCUT2D eigenvalue weighted by atomic mass is 9.98. The molecule has 2 N–H and O–H groups in total. The standard InChI is InChI=1S/C28H18ClN5O4/c29-17-5-4-6-18(12-17)32-28(38)23(14-30)27(37)25-22-11-16-9-10-19(31-24(36)15-35)13-21(16)26(22)34(33-25)20-7-2-1-3-8-20/h1-10,12-13,15,23H,11H2,(H,31,36)(H,32,38). The number of nitrogens with one attached hydrogen (secondary N) is 2. The molecule has 1 aliphatic rings. The van der Waals surface area contributed by atoms with Crippen LogP contribution in [0, 0.1) is 17.2 Å². The molecule has 9 nitrogen and oxygen atoms in total. The van der Waals surface area contributed by atoms with Crippen LogP contribution in [0.15, 0.2) is 72.8 Å². The summed E-state index contributed by atoms with van der Waals surface area (Å²) in [6.45, 7) is 0. The van der Waals surface area contributed by atoms with E-state index in [1.165, 1.54) is 6.07 Å². The van der Waals surface area contributed by atoms with Gasteiger partial charge < -0.3 is 10.6 Å². The molecule has 1 unspecified atom stereocenters. The number of rotatable bonds is 7. The van der Waals surface area contributed by atoms with Crippen molar-refractivity contribution in [2.45, 2.75) is 6.42 Å². The maximum absolute atomic E-state index is 13.6. The van der Waals surface area contributed by atoms with Gasteiger partial charge in [-0.2, -0.15) is 10.4 Å². The fraction of sp³-hybridized carbons (Fsp3) is 0.0714. The highest BCUT2D eigenvalue weighted by Gasteiger charge is 2.36. The number of carbonyl (C=O) groups excluding carboxylic acids is 4. The van der Waals surface area contributed by atoms with Crippen LogP contribution in [0.25, 0.3) is 16.9 Å². The highest BCUT2D eigenvalue weighted by Crippen LogP contribution is 2.41. The van der Waals surface area contributed by atoms with Crippen LogP contribution >= 0.6 is 11.6 Å². The van der Waals surface area contributed by atoms with Crippen LogP contribution in [0.1, 0.15) is 21.6 Å². The van der Waals surface area contributed by atoms with Crippen molar-refractivity contribution in [2.75, 3.05) is 10.6 Å². The number of nitriles is 1. The topological polar surface area (TPSA) is 134 Å². The number of amides is 2. The fourth-order valence-corrected chi connectivity index (χ4v) is 4.58. The number of nitrogens with zero attached hydrogens (tertiary/aromatic N) is 3. The van der Waals surface area contributed by atoms with Crippen molar-refractivity contribution >= 4 is 46.9 Å². The number of carbonyl (C=O) groups is 4. The number of hydrogen-bond donors (Lipinski definition) is 2.